The van der Waals surface area contributed by atoms with Gasteiger partial charge in [0.2, 0.25) is 0 Å². The van der Waals surface area contributed by atoms with Gasteiger partial charge in [-0.15, -0.1) is 0 Å². The summed E-state index contributed by atoms with van der Waals surface area (Å²) >= 11 is 10.8. The van der Waals surface area contributed by atoms with Crippen molar-refractivity contribution >= 4 is 27.8 Å². The van der Waals surface area contributed by atoms with Crippen molar-refractivity contribution in [3.63, 3.8) is 0 Å². The summed E-state index contributed by atoms with van der Waals surface area (Å²) in [6, 6.07) is 0. The molecule has 0 aliphatic carbocycles. The van der Waals surface area contributed by atoms with Gasteiger partial charge in [-0.1, -0.05) is 35.5 Å². The highest BCUT2D eigenvalue weighted by Crippen LogP contribution is 2.11. The molecule has 106 valence electrons. The Bertz CT molecular complexity index is 393. The monoisotopic (exact) mass is 299 g/mol. The van der Waals surface area contributed by atoms with E-state index in [4.69, 9.17) is 23.2 Å². The molecule has 0 radical (unpaired) electrons. The van der Waals surface area contributed by atoms with Crippen LogP contribution in [0.3, 0.4) is 0 Å². The van der Waals surface area contributed by atoms with Crippen LogP contribution in [0.25, 0.3) is 0 Å². The van der Waals surface area contributed by atoms with E-state index in [2.05, 4.69) is 44.5 Å². The fourth-order valence-electron chi connectivity index (χ4n) is 1.48. The summed E-state index contributed by atoms with van der Waals surface area (Å²) < 4.78 is 0.0130. The van der Waals surface area contributed by atoms with Crippen molar-refractivity contribution in [1.82, 2.24) is 0 Å². The van der Waals surface area contributed by atoms with Crippen molar-refractivity contribution < 1.29 is 0 Å². The van der Waals surface area contributed by atoms with Gasteiger partial charge in [-0.3, -0.25) is 0 Å². The van der Waals surface area contributed by atoms with E-state index in [1.165, 1.54) is 11.1 Å². The Balaban J connectivity index is 3.94. The first kappa shape index (κ1) is 18.2. The summed E-state index contributed by atoms with van der Waals surface area (Å²) in [5.41, 5.74) is 3.83. The highest BCUT2D eigenvalue weighted by Gasteiger charge is 1.91. The molecule has 0 aliphatic heterocycles. The van der Waals surface area contributed by atoms with Gasteiger partial charge >= 0.3 is 0 Å². The van der Waals surface area contributed by atoms with Crippen molar-refractivity contribution in [3.05, 3.63) is 47.7 Å². The van der Waals surface area contributed by atoms with Gasteiger partial charge in [0.1, 0.15) is 0 Å². The number of allylic oxidation sites excluding steroid dienone is 6. The molecule has 0 atom stereocenters. The summed E-state index contributed by atoms with van der Waals surface area (Å²) in [5, 5.41) is 0. The minimum atomic E-state index is 0.0130. The van der Waals surface area contributed by atoms with Crippen LogP contribution in [0.4, 0.5) is 0 Å². The Hall–Kier alpha value is -0.790. The standard InChI is InChI=1S/C16H23Cl2N/c1-13(2)7-5-8-14(3)9-6-10-15(4)11-12-19-16(17)18/h7,9,11-12H,4-6,8,10H2,1-3H3. The van der Waals surface area contributed by atoms with Gasteiger partial charge < -0.3 is 0 Å². The zero-order valence-electron chi connectivity index (χ0n) is 12.0. The quantitative estimate of drug-likeness (QED) is 0.281. The second-order valence-electron chi connectivity index (χ2n) is 4.75. The summed E-state index contributed by atoms with van der Waals surface area (Å²) in [6.45, 7) is 10.4. The maximum atomic E-state index is 5.40. The number of rotatable bonds is 8. The average Bonchev–Trinajstić information content (AvgIpc) is 2.27. The molecule has 0 aromatic heterocycles. The lowest BCUT2D eigenvalue weighted by Gasteiger charge is -2.00. The fraction of sp³-hybridized carbons (Fsp3) is 0.438. The van der Waals surface area contributed by atoms with Crippen LogP contribution in [-0.2, 0) is 0 Å². The minimum Gasteiger partial charge on any atom is -0.233 e. The lowest BCUT2D eigenvalue weighted by Crippen LogP contribution is -1.80. The molecule has 1 nitrogen and oxygen atoms in total. The third-order valence-electron chi connectivity index (χ3n) is 2.53. The summed E-state index contributed by atoms with van der Waals surface area (Å²) in [6.07, 6.45) is 12.1. The predicted octanol–water partition coefficient (Wildman–Crippen LogP) is 6.36. The smallest absolute Gasteiger partial charge is 0.196 e. The molecule has 0 fully saturated rings. The number of halogens is 2. The van der Waals surface area contributed by atoms with Gasteiger partial charge in [-0.25, -0.2) is 4.99 Å². The van der Waals surface area contributed by atoms with Crippen molar-refractivity contribution in [2.24, 2.45) is 4.99 Å². The molecule has 0 saturated carbocycles. The molecular formula is C16H23Cl2N. The molecule has 0 N–H and O–H groups in total. The molecule has 19 heavy (non-hydrogen) atoms. The molecule has 0 bridgehead atoms. The minimum absolute atomic E-state index is 0.0130. The predicted molar refractivity (Wildman–Crippen MR) is 89.1 cm³/mol. The van der Waals surface area contributed by atoms with Crippen LogP contribution in [0.5, 0.6) is 0 Å². The molecule has 0 unspecified atom stereocenters. The van der Waals surface area contributed by atoms with Crippen LogP contribution in [0.15, 0.2) is 52.7 Å². The van der Waals surface area contributed by atoms with Crippen LogP contribution in [0.2, 0.25) is 0 Å². The molecule has 0 amide bonds. The van der Waals surface area contributed by atoms with Crippen molar-refractivity contribution in [1.29, 1.82) is 0 Å². The van der Waals surface area contributed by atoms with E-state index in [-0.39, 0.29) is 4.63 Å². The normalized spacial score (nSPS) is 11.5. The molecule has 3 heteroatoms. The second-order valence-corrected chi connectivity index (χ2v) is 5.66. The number of hydrogen-bond acceptors (Lipinski definition) is 1. The van der Waals surface area contributed by atoms with Crippen LogP contribution in [0.1, 0.15) is 46.5 Å². The average molecular weight is 300 g/mol. The lowest BCUT2D eigenvalue weighted by molar-refractivity contribution is 0.928. The zero-order valence-corrected chi connectivity index (χ0v) is 13.6. The van der Waals surface area contributed by atoms with E-state index in [1.807, 2.05) is 6.08 Å². The maximum absolute atomic E-state index is 5.40. The number of aliphatic imine (C=N–C) groups is 1. The van der Waals surface area contributed by atoms with E-state index >= 15 is 0 Å². The third kappa shape index (κ3) is 13.4. The van der Waals surface area contributed by atoms with E-state index in [0.29, 0.717) is 0 Å². The number of hydrogen-bond donors (Lipinski definition) is 0. The van der Waals surface area contributed by atoms with E-state index in [1.54, 1.807) is 6.20 Å². The third-order valence-corrected chi connectivity index (χ3v) is 2.73. The van der Waals surface area contributed by atoms with Crippen LogP contribution in [-0.4, -0.2) is 4.63 Å². The molecule has 0 aromatic rings. The van der Waals surface area contributed by atoms with Crippen LogP contribution in [0, 0.1) is 0 Å². The summed E-state index contributed by atoms with van der Waals surface area (Å²) in [7, 11) is 0. The Morgan fingerprint density at radius 2 is 1.68 bits per heavy atom. The molecule has 0 aliphatic rings. The first-order valence-corrected chi connectivity index (χ1v) is 7.19. The second kappa shape index (κ2) is 11.1. The van der Waals surface area contributed by atoms with Crippen molar-refractivity contribution in [3.8, 4) is 0 Å². The first-order valence-electron chi connectivity index (χ1n) is 6.44. The Labute approximate surface area is 127 Å². The van der Waals surface area contributed by atoms with E-state index in [0.717, 1.165) is 31.3 Å². The molecule has 0 saturated heterocycles. The van der Waals surface area contributed by atoms with Gasteiger partial charge in [0, 0.05) is 6.20 Å². The fourth-order valence-corrected chi connectivity index (χ4v) is 1.59. The van der Waals surface area contributed by atoms with E-state index in [9.17, 15) is 0 Å². The van der Waals surface area contributed by atoms with Gasteiger partial charge in [-0.05, 0) is 75.7 Å². The SMILES string of the molecule is C=C(C=CN=C(Cl)Cl)CCC=C(C)CCC=C(C)C. The maximum Gasteiger partial charge on any atom is 0.196 e. The summed E-state index contributed by atoms with van der Waals surface area (Å²) in [5.74, 6) is 0. The molecule has 0 spiro atoms. The van der Waals surface area contributed by atoms with Gasteiger partial charge in [0.05, 0.1) is 0 Å². The lowest BCUT2D eigenvalue weighted by atomic mass is 10.1. The highest BCUT2D eigenvalue weighted by molar-refractivity contribution is 6.95. The van der Waals surface area contributed by atoms with Gasteiger partial charge in [-0.2, -0.15) is 0 Å². The molecule has 0 rings (SSSR count). The van der Waals surface area contributed by atoms with Crippen LogP contribution >= 0.6 is 23.2 Å². The van der Waals surface area contributed by atoms with E-state index < -0.39 is 0 Å². The molecule has 0 heterocycles. The Morgan fingerprint density at radius 3 is 2.26 bits per heavy atom. The molecular weight excluding hydrogens is 277 g/mol. The largest absolute Gasteiger partial charge is 0.233 e. The zero-order chi connectivity index (χ0) is 14.7. The highest BCUT2D eigenvalue weighted by atomic mass is 35.5. The van der Waals surface area contributed by atoms with Gasteiger partial charge in [0.15, 0.2) is 4.63 Å². The van der Waals surface area contributed by atoms with Gasteiger partial charge in [0.25, 0.3) is 0 Å². The summed E-state index contributed by atoms with van der Waals surface area (Å²) in [4.78, 5) is 3.75. The van der Waals surface area contributed by atoms with Crippen molar-refractivity contribution in [2.45, 2.75) is 46.5 Å². The van der Waals surface area contributed by atoms with Crippen LogP contribution < -0.4 is 0 Å². The first-order chi connectivity index (χ1) is 8.91. The topological polar surface area (TPSA) is 12.4 Å². The molecule has 0 aromatic carbocycles. The Morgan fingerprint density at radius 1 is 1.05 bits per heavy atom. The Kier molecular flexibility index (Phi) is 10.6. The van der Waals surface area contributed by atoms with Crippen molar-refractivity contribution in [2.75, 3.05) is 0 Å². The number of nitrogens with zero attached hydrogens (tertiary/aromatic N) is 1.